The second-order valence-electron chi connectivity index (χ2n) is 3.32. The van der Waals surface area contributed by atoms with Gasteiger partial charge >= 0.3 is 6.18 Å². The summed E-state index contributed by atoms with van der Waals surface area (Å²) < 4.78 is 38.3. The van der Waals surface area contributed by atoms with Crippen molar-refractivity contribution in [3.05, 3.63) is 49.5 Å². The summed E-state index contributed by atoms with van der Waals surface area (Å²) in [5, 5.41) is -0.137. The molecule has 2 rings (SSSR count). The Morgan fingerprint density at radius 2 is 1.67 bits per heavy atom. The third-order valence-electron chi connectivity index (χ3n) is 2.15. The lowest BCUT2D eigenvalue weighted by atomic mass is 10.2. The number of benzene rings is 1. The van der Waals surface area contributed by atoms with Crippen molar-refractivity contribution in [3.8, 4) is 5.69 Å². The van der Waals surface area contributed by atoms with Gasteiger partial charge in [0.25, 0.3) is 5.56 Å². The molecular formula is C10H4Cl2F3NOS. The van der Waals surface area contributed by atoms with Gasteiger partial charge in [-0.2, -0.15) is 13.2 Å². The largest absolute Gasteiger partial charge is 0.416 e. The van der Waals surface area contributed by atoms with Crippen LogP contribution in [0.3, 0.4) is 0 Å². The third-order valence-corrected chi connectivity index (χ3v) is 4.02. The highest BCUT2D eigenvalue weighted by Gasteiger charge is 2.30. The van der Waals surface area contributed by atoms with Crippen LogP contribution in [0.1, 0.15) is 5.56 Å². The predicted octanol–water partition coefficient (Wildman–Crippen LogP) is 4.22. The number of halogens is 5. The van der Waals surface area contributed by atoms with E-state index in [0.29, 0.717) is 0 Å². The molecule has 1 aromatic heterocycles. The van der Waals surface area contributed by atoms with Crippen molar-refractivity contribution in [1.82, 2.24) is 3.96 Å². The molecule has 1 heterocycles. The fourth-order valence-corrected chi connectivity index (χ4v) is 2.55. The lowest BCUT2D eigenvalue weighted by Crippen LogP contribution is -2.11. The molecule has 0 saturated heterocycles. The highest BCUT2D eigenvalue weighted by atomic mass is 35.5. The van der Waals surface area contributed by atoms with E-state index in [4.69, 9.17) is 23.2 Å². The van der Waals surface area contributed by atoms with Crippen LogP contribution in [0.25, 0.3) is 5.69 Å². The quantitative estimate of drug-likeness (QED) is 0.772. The maximum atomic E-state index is 12.4. The molecule has 96 valence electrons. The fraction of sp³-hybridized carbons (Fsp3) is 0.100. The van der Waals surface area contributed by atoms with E-state index in [9.17, 15) is 18.0 Å². The summed E-state index contributed by atoms with van der Waals surface area (Å²) in [6.45, 7) is 0. The average Bonchev–Trinajstić information content (AvgIpc) is 2.56. The smallest absolute Gasteiger partial charge is 0.266 e. The van der Waals surface area contributed by atoms with E-state index in [2.05, 4.69) is 0 Å². The lowest BCUT2D eigenvalue weighted by Gasteiger charge is -2.07. The molecule has 0 fully saturated rings. The van der Waals surface area contributed by atoms with Crippen molar-refractivity contribution in [3.63, 3.8) is 0 Å². The summed E-state index contributed by atoms with van der Waals surface area (Å²) in [6, 6.07) is 4.16. The van der Waals surface area contributed by atoms with Gasteiger partial charge in [0.15, 0.2) is 0 Å². The number of aromatic nitrogens is 1. The summed E-state index contributed by atoms with van der Waals surface area (Å²) in [5.74, 6) is 0. The Hall–Kier alpha value is -0.980. The first-order valence-electron chi connectivity index (χ1n) is 4.55. The Bertz CT molecular complexity index is 630. The molecule has 0 saturated carbocycles. The zero-order valence-electron chi connectivity index (χ0n) is 8.46. The summed E-state index contributed by atoms with van der Waals surface area (Å²) in [5.41, 5.74) is -1.05. The van der Waals surface area contributed by atoms with Gasteiger partial charge in [0.05, 0.1) is 11.3 Å². The second kappa shape index (κ2) is 4.60. The minimum absolute atomic E-state index is 0.0987. The first kappa shape index (κ1) is 13.5. The molecule has 1 aromatic carbocycles. The molecule has 2 nitrogen and oxygen atoms in total. The first-order chi connectivity index (χ1) is 8.30. The molecule has 8 heteroatoms. The Kier molecular flexibility index (Phi) is 3.44. The molecule has 0 amide bonds. The van der Waals surface area contributed by atoms with Crippen LogP contribution in [-0.2, 0) is 6.18 Å². The van der Waals surface area contributed by atoms with Gasteiger partial charge in [0.1, 0.15) is 9.36 Å². The zero-order chi connectivity index (χ0) is 13.5. The van der Waals surface area contributed by atoms with Gasteiger partial charge in [0.2, 0.25) is 0 Å². The van der Waals surface area contributed by atoms with Crippen molar-refractivity contribution in [1.29, 1.82) is 0 Å². The second-order valence-corrected chi connectivity index (χ2v) is 5.26. The van der Waals surface area contributed by atoms with E-state index in [1.54, 1.807) is 0 Å². The minimum atomic E-state index is -4.41. The van der Waals surface area contributed by atoms with Gasteiger partial charge in [-0.05, 0) is 35.8 Å². The maximum absolute atomic E-state index is 12.4. The van der Waals surface area contributed by atoms with Crippen molar-refractivity contribution in [2.45, 2.75) is 6.18 Å². The van der Waals surface area contributed by atoms with E-state index in [1.165, 1.54) is 12.1 Å². The van der Waals surface area contributed by atoms with E-state index in [1.807, 2.05) is 0 Å². The Balaban J connectivity index is 2.47. The van der Waals surface area contributed by atoms with Crippen LogP contribution >= 0.6 is 34.7 Å². The van der Waals surface area contributed by atoms with E-state index in [-0.39, 0.29) is 15.0 Å². The fourth-order valence-electron chi connectivity index (χ4n) is 1.29. The molecule has 0 radical (unpaired) electrons. The molecule has 0 spiro atoms. The van der Waals surface area contributed by atoms with Crippen molar-refractivity contribution >= 4 is 34.7 Å². The minimum Gasteiger partial charge on any atom is -0.266 e. The molecule has 0 aliphatic carbocycles. The Labute approximate surface area is 113 Å². The average molecular weight is 314 g/mol. The maximum Gasteiger partial charge on any atom is 0.416 e. The number of alkyl halides is 3. The van der Waals surface area contributed by atoms with Crippen LogP contribution in [0.15, 0.2) is 29.1 Å². The molecule has 0 atom stereocenters. The first-order valence-corrected chi connectivity index (χ1v) is 6.08. The molecular weight excluding hydrogens is 310 g/mol. The number of rotatable bonds is 1. The van der Waals surface area contributed by atoms with Gasteiger partial charge in [-0.25, -0.2) is 3.96 Å². The standard InChI is InChI=1S/C10H4Cl2F3NOS/c11-7-8(12)18-16(9(7)17)6-3-1-5(2-4-6)10(13,14)15/h1-4H. The van der Waals surface area contributed by atoms with E-state index >= 15 is 0 Å². The number of nitrogens with zero attached hydrogens (tertiary/aromatic N) is 1. The normalized spacial score (nSPS) is 11.8. The summed E-state index contributed by atoms with van der Waals surface area (Å²) in [4.78, 5) is 11.6. The summed E-state index contributed by atoms with van der Waals surface area (Å²) >= 11 is 12.2. The monoisotopic (exact) mass is 313 g/mol. The van der Waals surface area contributed by atoms with Gasteiger partial charge in [0, 0.05) is 0 Å². The molecule has 2 aromatic rings. The van der Waals surface area contributed by atoms with Crippen molar-refractivity contribution in [2.75, 3.05) is 0 Å². The van der Waals surface area contributed by atoms with Crippen LogP contribution in [0.2, 0.25) is 9.36 Å². The van der Waals surface area contributed by atoms with Crippen molar-refractivity contribution < 1.29 is 13.2 Å². The van der Waals surface area contributed by atoms with E-state index in [0.717, 1.165) is 27.6 Å². The topological polar surface area (TPSA) is 22.0 Å². The van der Waals surface area contributed by atoms with E-state index < -0.39 is 17.3 Å². The van der Waals surface area contributed by atoms with Crippen LogP contribution < -0.4 is 5.56 Å². The van der Waals surface area contributed by atoms with Crippen LogP contribution in [0.5, 0.6) is 0 Å². The highest BCUT2D eigenvalue weighted by Crippen LogP contribution is 2.30. The predicted molar refractivity (Wildman–Crippen MR) is 64.9 cm³/mol. The summed E-state index contributed by atoms with van der Waals surface area (Å²) in [6.07, 6.45) is -4.41. The molecule has 0 unspecified atom stereocenters. The van der Waals surface area contributed by atoms with Crippen LogP contribution in [0.4, 0.5) is 13.2 Å². The Morgan fingerprint density at radius 3 is 2.06 bits per heavy atom. The van der Waals surface area contributed by atoms with Crippen LogP contribution in [0, 0.1) is 0 Å². The van der Waals surface area contributed by atoms with Gasteiger partial charge < -0.3 is 0 Å². The SMILES string of the molecule is O=c1c(Cl)c(Cl)sn1-c1ccc(C(F)(F)F)cc1. The van der Waals surface area contributed by atoms with Gasteiger partial charge in [-0.1, -0.05) is 23.2 Å². The van der Waals surface area contributed by atoms with Gasteiger partial charge in [-0.15, -0.1) is 0 Å². The number of hydrogen-bond donors (Lipinski definition) is 0. The molecule has 0 aliphatic rings. The van der Waals surface area contributed by atoms with Crippen molar-refractivity contribution in [2.24, 2.45) is 0 Å². The lowest BCUT2D eigenvalue weighted by molar-refractivity contribution is -0.137. The highest BCUT2D eigenvalue weighted by molar-refractivity contribution is 7.12. The Morgan fingerprint density at radius 1 is 1.11 bits per heavy atom. The zero-order valence-corrected chi connectivity index (χ0v) is 10.8. The summed E-state index contributed by atoms with van der Waals surface area (Å²) in [7, 11) is 0. The molecule has 0 aliphatic heterocycles. The molecule has 18 heavy (non-hydrogen) atoms. The third kappa shape index (κ3) is 2.41. The number of hydrogen-bond acceptors (Lipinski definition) is 2. The molecule has 0 N–H and O–H groups in total. The van der Waals surface area contributed by atoms with Gasteiger partial charge in [-0.3, -0.25) is 4.79 Å². The van der Waals surface area contributed by atoms with Crippen LogP contribution in [-0.4, -0.2) is 3.96 Å². The molecule has 0 bridgehead atoms.